The third-order valence-electron chi connectivity index (χ3n) is 10.4. The fraction of sp³-hybridized carbons (Fsp3) is 0. The number of benzene rings is 6. The predicted molar refractivity (Wildman–Crippen MR) is 289 cm³/mol. The van der Waals surface area contributed by atoms with Crippen molar-refractivity contribution in [2.45, 2.75) is 19.6 Å². The van der Waals surface area contributed by atoms with Gasteiger partial charge in [0.2, 0.25) is 10.6 Å². The summed E-state index contributed by atoms with van der Waals surface area (Å²) in [5, 5.41) is 83.7. The summed E-state index contributed by atoms with van der Waals surface area (Å²) in [6, 6.07) is 10.8. The van der Waals surface area contributed by atoms with E-state index in [9.17, 15) is 92.5 Å². The van der Waals surface area contributed by atoms with Crippen molar-refractivity contribution >= 4 is 189 Å². The molecule has 0 aliphatic heterocycles. The zero-order valence-corrected chi connectivity index (χ0v) is 63.0. The number of nitro groups is 2. The fourth-order valence-corrected chi connectivity index (χ4v) is 10.0. The average Bonchev–Trinajstić information content (AvgIpc) is 1.15. The van der Waals surface area contributed by atoms with E-state index in [0.29, 0.717) is 24.3 Å². The maximum atomic E-state index is 11.7. The van der Waals surface area contributed by atoms with Crippen LogP contribution in [0.3, 0.4) is 0 Å². The number of anilines is 4. The summed E-state index contributed by atoms with van der Waals surface area (Å²) in [4.78, 5) is 31.8. The Morgan fingerprint density at radius 3 is 1.05 bits per heavy atom. The molecule has 0 aliphatic rings. The predicted octanol–water partition coefficient (Wildman–Crippen LogP) is -3.86. The smallest absolute Gasteiger partial charge is 0.504 e. The first-order chi connectivity index (χ1) is 37.9. The molecule has 437 valence electrons. The molecule has 1 radical (unpaired) electrons. The van der Waals surface area contributed by atoms with Crippen LogP contribution in [0.25, 0.3) is 21.5 Å². The molecule has 0 fully saturated rings. The van der Waals surface area contributed by atoms with E-state index in [1.165, 1.54) is 24.3 Å². The van der Waals surface area contributed by atoms with Crippen molar-refractivity contribution in [3.05, 3.63) is 124 Å². The van der Waals surface area contributed by atoms with Gasteiger partial charge in [-0.2, -0.15) is 43.6 Å². The third kappa shape index (κ3) is 19.9. The second-order valence-electron chi connectivity index (χ2n) is 15.6. The molecule has 0 saturated heterocycles. The van der Waals surface area contributed by atoms with Crippen molar-refractivity contribution in [2.75, 3.05) is 10.6 Å². The molecule has 2 aromatic heterocycles. The molecular weight excluding hydrogens is 1480 g/mol. The van der Waals surface area contributed by atoms with E-state index in [4.69, 9.17) is 69.6 Å². The maximum absolute atomic E-state index is 11.7. The summed E-state index contributed by atoms with van der Waals surface area (Å²) in [5.41, 5.74) is -4.96. The van der Waals surface area contributed by atoms with Gasteiger partial charge in [-0.15, -0.1) is 20.5 Å². The molecule has 0 unspecified atom stereocenters. The number of nitrogens with one attached hydrogen (secondary N) is 2. The number of nitro benzene ring substituents is 2. The topological polar surface area (TPSA) is 510 Å². The van der Waals surface area contributed by atoms with Crippen LogP contribution in [0.15, 0.2) is 113 Å². The monoisotopic (exact) mass is 1500 g/mol. The Hall–Kier alpha value is -2.31. The van der Waals surface area contributed by atoms with E-state index >= 15 is 0 Å². The van der Waals surface area contributed by atoms with Crippen molar-refractivity contribution in [1.29, 1.82) is 0 Å². The van der Waals surface area contributed by atoms with Crippen LogP contribution in [0.2, 0.25) is 30.9 Å². The number of rotatable bonds is 14. The number of aromatic nitrogens is 4. The van der Waals surface area contributed by atoms with Crippen molar-refractivity contribution in [3.63, 3.8) is 0 Å². The van der Waals surface area contributed by atoms with Gasteiger partial charge in [0.1, 0.15) is 42.6 Å². The molecule has 0 aliphatic carbocycles. The summed E-state index contributed by atoms with van der Waals surface area (Å²) < 4.78 is 131. The molecule has 2 heterocycles. The summed E-state index contributed by atoms with van der Waals surface area (Å²) in [5.74, 6) is -4.35. The van der Waals surface area contributed by atoms with Crippen molar-refractivity contribution in [1.82, 2.24) is 19.9 Å². The number of nitrogens with zero attached hydrogens (tertiary/aromatic N) is 10. The zero-order valence-electron chi connectivity index (χ0n) is 44.1. The Labute approximate surface area is 643 Å². The number of non-ortho nitro benzene ring substituents is 2. The molecule has 0 atom stereocenters. The Morgan fingerprint density at radius 2 is 0.761 bits per heavy atom. The maximum Gasteiger partial charge on any atom is 1.00 e. The standard InChI is InChI=1S/2C20H11Cl3N6O10S2.Co.5Na/c2*21-14-18(22)25-20(23)26-19(14)24-11-3-7-1-2-9(40(34,35)36)6-10(7)15(17(11)31)28-27-12-4-8(29(32)33)5-13(16(12)30)41(37,38)39;;;;;;/h2*1-6,30-31H,(H,24,25,26)(H,34,35,36)(H,37,38,39);;;;;;/q;;;5*+1. The van der Waals surface area contributed by atoms with Crippen LogP contribution in [0.4, 0.5) is 57.1 Å². The first-order valence-corrected chi connectivity index (χ1v) is 28.6. The molecule has 0 bridgehead atoms. The van der Waals surface area contributed by atoms with Crippen LogP contribution in [0.5, 0.6) is 23.0 Å². The molecule has 0 amide bonds. The van der Waals surface area contributed by atoms with Gasteiger partial charge in [-0.25, -0.2) is 9.97 Å². The molecule has 48 heteroatoms. The van der Waals surface area contributed by atoms with Crippen molar-refractivity contribution in [2.24, 2.45) is 20.5 Å². The van der Waals surface area contributed by atoms with Crippen molar-refractivity contribution < 1.29 is 247 Å². The number of phenols is 4. The second-order valence-corrected chi connectivity index (χ2v) is 23.4. The normalized spacial score (nSPS) is 11.4. The van der Waals surface area contributed by atoms with E-state index in [1.807, 2.05) is 0 Å². The number of aromatic hydroxyl groups is 4. The van der Waals surface area contributed by atoms with Crippen LogP contribution in [-0.4, -0.2) is 102 Å². The minimum atomic E-state index is -5.17. The summed E-state index contributed by atoms with van der Waals surface area (Å²) in [6.45, 7) is 0. The zero-order chi connectivity index (χ0) is 60.9. The minimum Gasteiger partial charge on any atom is -0.504 e. The van der Waals surface area contributed by atoms with Gasteiger partial charge in [-0.3, -0.25) is 38.4 Å². The Balaban J connectivity index is 0.000000824. The molecule has 6 aromatic carbocycles. The molecule has 32 nitrogen and oxygen atoms in total. The fourth-order valence-electron chi connectivity index (χ4n) is 6.74. The summed E-state index contributed by atoms with van der Waals surface area (Å²) in [7, 11) is -19.8. The number of hydrogen-bond acceptors (Lipinski definition) is 26. The van der Waals surface area contributed by atoms with E-state index in [0.717, 1.165) is 24.3 Å². The Bertz CT molecular complexity index is 4380. The van der Waals surface area contributed by atoms with Gasteiger partial charge in [-0.1, -0.05) is 58.5 Å². The SMILES string of the molecule is O=[N+]([O-])c1cc(N=Nc2c(O)c(Nc3nc(Cl)nc(Cl)c3Cl)cc3ccc(S(=O)(=O)O)cc23)c(O)c(S(=O)(=O)O)c1.O=[N+]([O-])c1cc(N=Nc2c(O)c(Nc3nc(Cl)nc(Cl)c3Cl)cc3ccc(S(=O)(=O)O)cc23)c(O)c(S(=O)(=O)O)c1.[Co].[Na+].[Na+].[Na+].[Na+].[Na+]. The van der Waals surface area contributed by atoms with E-state index in [1.54, 1.807) is 0 Å². The van der Waals surface area contributed by atoms with E-state index in [-0.39, 0.29) is 240 Å². The van der Waals surface area contributed by atoms with E-state index in [2.05, 4.69) is 51.0 Å². The van der Waals surface area contributed by atoms with Crippen LogP contribution in [0, 0.1) is 20.2 Å². The molecule has 8 aromatic rings. The molecule has 0 spiro atoms. The quantitative estimate of drug-likeness (QED) is 0.00728. The molecule has 10 N–H and O–H groups in total. The second kappa shape index (κ2) is 33.2. The van der Waals surface area contributed by atoms with Gasteiger partial charge < -0.3 is 31.1 Å². The van der Waals surface area contributed by atoms with Crippen LogP contribution < -0.4 is 158 Å². The average molecular weight is 1510 g/mol. The van der Waals surface area contributed by atoms with Crippen LogP contribution in [-0.2, 0) is 57.3 Å². The summed E-state index contributed by atoms with van der Waals surface area (Å²) in [6.07, 6.45) is 0. The minimum absolute atomic E-state index is 0. The summed E-state index contributed by atoms with van der Waals surface area (Å²) >= 11 is 35.6. The first kappa shape index (κ1) is 83.7. The van der Waals surface area contributed by atoms with Gasteiger partial charge in [-0.05, 0) is 70.4 Å². The third-order valence-corrected chi connectivity index (χ3v) is 15.6. The number of azo groups is 2. The van der Waals surface area contributed by atoms with Crippen LogP contribution >= 0.6 is 69.6 Å². The van der Waals surface area contributed by atoms with Crippen LogP contribution in [0.1, 0.15) is 0 Å². The molecule has 88 heavy (non-hydrogen) atoms. The molecule has 8 rings (SSSR count). The van der Waals surface area contributed by atoms with Gasteiger partial charge in [0.25, 0.3) is 51.8 Å². The Kier molecular flexibility index (Phi) is 31.6. The number of hydrogen-bond donors (Lipinski definition) is 10. The van der Waals surface area contributed by atoms with Gasteiger partial charge in [0, 0.05) is 51.8 Å². The molecular formula is C40H22Cl6CoN12Na5O20S4+5. The van der Waals surface area contributed by atoms with Gasteiger partial charge in [0.15, 0.2) is 44.9 Å². The first-order valence-electron chi connectivity index (χ1n) is 20.6. The van der Waals surface area contributed by atoms with Gasteiger partial charge in [0.05, 0.1) is 31.0 Å². The number of halogens is 6. The number of phenolic OH excluding ortho intramolecular Hbond substituents is 4. The van der Waals surface area contributed by atoms with Crippen molar-refractivity contribution in [3.8, 4) is 23.0 Å². The van der Waals surface area contributed by atoms with Gasteiger partial charge >= 0.3 is 148 Å². The largest absolute Gasteiger partial charge is 1.00 e. The molecule has 0 saturated carbocycles. The number of fused-ring (bicyclic) bond motifs is 2. The van der Waals surface area contributed by atoms with E-state index < -0.39 is 127 Å². The Morgan fingerprint density at radius 1 is 0.443 bits per heavy atom.